The molecule has 75 heavy (non-hydrogen) atoms. The van der Waals surface area contributed by atoms with Crippen molar-refractivity contribution in [3.63, 3.8) is 0 Å². The number of phosphoric acid groups is 1. The van der Waals surface area contributed by atoms with Crippen LogP contribution in [-0.4, -0.2) is 69.4 Å². The van der Waals surface area contributed by atoms with Crippen LogP contribution in [0.15, 0.2) is 24.3 Å². The average molecular weight is 1080 g/mol. The summed E-state index contributed by atoms with van der Waals surface area (Å²) in [6.07, 6.45) is 65.8. The van der Waals surface area contributed by atoms with Crippen molar-refractivity contribution >= 4 is 19.7 Å². The van der Waals surface area contributed by atoms with Gasteiger partial charge in [0.05, 0.1) is 33.8 Å². The second-order valence-electron chi connectivity index (χ2n) is 23.6. The minimum Gasteiger partial charge on any atom is -0.756 e. The summed E-state index contributed by atoms with van der Waals surface area (Å²) in [5.41, 5.74) is 0. The number of hydrogen-bond donors (Lipinski definition) is 1. The number of likely N-dealkylation sites (N-methyl/N-ethyl adjacent to an activating group) is 1. The average Bonchev–Trinajstić information content (AvgIpc) is 3.37. The molecule has 0 rings (SSSR count). The maximum absolute atomic E-state index is 13.5. The number of ether oxygens (including phenoxy) is 1. The molecule has 0 saturated heterocycles. The molecule has 0 heterocycles. The van der Waals surface area contributed by atoms with Gasteiger partial charge in [-0.05, 0) is 57.4 Å². The lowest BCUT2D eigenvalue weighted by Gasteiger charge is -2.30. The maximum Gasteiger partial charge on any atom is 0.306 e. The van der Waals surface area contributed by atoms with E-state index in [1.54, 1.807) is 0 Å². The second-order valence-corrected chi connectivity index (χ2v) is 25.0. The molecular formula is C65H127N2O7P. The van der Waals surface area contributed by atoms with E-state index in [0.29, 0.717) is 17.4 Å². The molecule has 3 atom stereocenters. The molecule has 0 aromatic heterocycles. The third-order valence-electron chi connectivity index (χ3n) is 14.9. The molecule has 0 aliphatic carbocycles. The Morgan fingerprint density at radius 1 is 0.453 bits per heavy atom. The Morgan fingerprint density at radius 2 is 0.773 bits per heavy atom. The summed E-state index contributed by atoms with van der Waals surface area (Å²) in [5, 5.41) is 3.03. The molecule has 0 radical (unpaired) electrons. The highest BCUT2D eigenvalue weighted by Crippen LogP contribution is 2.38. The molecule has 0 spiro atoms. The predicted molar refractivity (Wildman–Crippen MR) is 321 cm³/mol. The molecule has 444 valence electrons. The van der Waals surface area contributed by atoms with Crippen molar-refractivity contribution in [2.45, 2.75) is 341 Å². The number of allylic oxidation sites excluding steroid dienone is 3. The third kappa shape index (κ3) is 57.0. The van der Waals surface area contributed by atoms with Gasteiger partial charge in [-0.2, -0.15) is 0 Å². The Morgan fingerprint density at radius 3 is 1.13 bits per heavy atom. The quantitative estimate of drug-likeness (QED) is 0.0212. The number of amides is 1. The highest BCUT2D eigenvalue weighted by molar-refractivity contribution is 7.45. The van der Waals surface area contributed by atoms with Crippen molar-refractivity contribution in [2.75, 3.05) is 40.9 Å². The number of esters is 1. The normalized spacial score (nSPS) is 13.7. The minimum absolute atomic E-state index is 0.0181. The van der Waals surface area contributed by atoms with Crippen LogP contribution in [0.2, 0.25) is 0 Å². The molecule has 0 saturated carbocycles. The van der Waals surface area contributed by atoms with Gasteiger partial charge in [0.25, 0.3) is 7.82 Å². The molecule has 0 aromatic rings. The van der Waals surface area contributed by atoms with E-state index in [4.69, 9.17) is 13.8 Å². The summed E-state index contributed by atoms with van der Waals surface area (Å²) in [6, 6.07) is -0.881. The molecule has 0 aliphatic heterocycles. The summed E-state index contributed by atoms with van der Waals surface area (Å²) in [6.45, 7) is 6.88. The SMILES string of the molecule is CCCCCCCC/C=C/CCCCCCCCCCCCCCCCCC(=O)OC(/C=C\CCCCCCCCCCCCC)C(COP(=O)([O-])OCC[N+](C)(C)C)NC(=O)CCCCCCCCCCCCC. The van der Waals surface area contributed by atoms with E-state index in [1.165, 1.54) is 238 Å². The van der Waals surface area contributed by atoms with Crippen LogP contribution >= 0.6 is 7.82 Å². The fourth-order valence-corrected chi connectivity index (χ4v) is 10.5. The van der Waals surface area contributed by atoms with Crippen molar-refractivity contribution in [2.24, 2.45) is 0 Å². The molecule has 3 unspecified atom stereocenters. The van der Waals surface area contributed by atoms with Gasteiger partial charge in [-0.3, -0.25) is 14.2 Å². The highest BCUT2D eigenvalue weighted by Gasteiger charge is 2.27. The van der Waals surface area contributed by atoms with E-state index >= 15 is 0 Å². The molecule has 1 N–H and O–H groups in total. The van der Waals surface area contributed by atoms with Crippen LogP contribution < -0.4 is 10.2 Å². The van der Waals surface area contributed by atoms with Crippen LogP contribution in [-0.2, 0) is 27.9 Å². The number of nitrogens with one attached hydrogen (secondary N) is 1. The van der Waals surface area contributed by atoms with E-state index < -0.39 is 20.0 Å². The van der Waals surface area contributed by atoms with Crippen molar-refractivity contribution in [3.8, 4) is 0 Å². The van der Waals surface area contributed by atoms with Gasteiger partial charge >= 0.3 is 5.97 Å². The van der Waals surface area contributed by atoms with Gasteiger partial charge in [0.2, 0.25) is 5.91 Å². The first-order valence-corrected chi connectivity index (χ1v) is 34.1. The first-order valence-electron chi connectivity index (χ1n) is 32.6. The number of unbranched alkanes of at least 4 members (excludes halogenated alkanes) is 42. The maximum atomic E-state index is 13.5. The van der Waals surface area contributed by atoms with Crippen LogP contribution in [0.3, 0.4) is 0 Å². The van der Waals surface area contributed by atoms with E-state index in [9.17, 15) is 19.0 Å². The lowest BCUT2D eigenvalue weighted by molar-refractivity contribution is -0.870. The molecule has 0 bridgehead atoms. The van der Waals surface area contributed by atoms with Crippen LogP contribution in [0, 0.1) is 0 Å². The van der Waals surface area contributed by atoms with Gasteiger partial charge in [0.15, 0.2) is 0 Å². The van der Waals surface area contributed by atoms with E-state index in [-0.39, 0.29) is 31.5 Å². The first-order chi connectivity index (χ1) is 36.4. The van der Waals surface area contributed by atoms with Crippen molar-refractivity contribution < 1.29 is 37.3 Å². The van der Waals surface area contributed by atoms with Gasteiger partial charge in [0.1, 0.15) is 19.3 Å². The largest absolute Gasteiger partial charge is 0.756 e. The van der Waals surface area contributed by atoms with Gasteiger partial charge in [-0.25, -0.2) is 0 Å². The Bertz CT molecular complexity index is 1340. The Hall–Kier alpha value is -1.51. The van der Waals surface area contributed by atoms with Crippen molar-refractivity contribution in [1.82, 2.24) is 5.32 Å². The number of phosphoric ester groups is 1. The Kier molecular flexibility index (Phi) is 54.7. The minimum atomic E-state index is -4.69. The van der Waals surface area contributed by atoms with Crippen LogP contribution in [0.5, 0.6) is 0 Å². The van der Waals surface area contributed by atoms with Crippen LogP contribution in [0.4, 0.5) is 0 Å². The van der Waals surface area contributed by atoms with E-state index in [0.717, 1.165) is 57.8 Å². The topological polar surface area (TPSA) is 114 Å². The third-order valence-corrected chi connectivity index (χ3v) is 15.8. The highest BCUT2D eigenvalue weighted by atomic mass is 31.2. The summed E-state index contributed by atoms with van der Waals surface area (Å²) < 4.78 is 30.3. The molecule has 10 heteroatoms. The van der Waals surface area contributed by atoms with Gasteiger partial charge < -0.3 is 28.5 Å². The van der Waals surface area contributed by atoms with Crippen LogP contribution in [0.1, 0.15) is 329 Å². The van der Waals surface area contributed by atoms with Crippen LogP contribution in [0.25, 0.3) is 0 Å². The summed E-state index contributed by atoms with van der Waals surface area (Å²) in [7, 11) is 1.20. The van der Waals surface area contributed by atoms with Gasteiger partial charge in [-0.1, -0.05) is 283 Å². The molecule has 0 aliphatic rings. The number of nitrogens with zero attached hydrogens (tertiary/aromatic N) is 1. The summed E-state index contributed by atoms with van der Waals surface area (Å²) in [5.74, 6) is -0.524. The predicted octanol–water partition coefficient (Wildman–Crippen LogP) is 19.5. The second kappa shape index (κ2) is 55.8. The van der Waals surface area contributed by atoms with E-state index in [1.807, 2.05) is 33.3 Å². The fourth-order valence-electron chi connectivity index (χ4n) is 9.81. The Balaban J connectivity index is 5.02. The lowest BCUT2D eigenvalue weighted by atomic mass is 10.0. The molecule has 1 amide bonds. The number of carbonyl (C=O) groups is 2. The number of carbonyl (C=O) groups excluding carboxylic acids is 2. The number of hydrogen-bond acceptors (Lipinski definition) is 7. The zero-order valence-electron chi connectivity index (χ0n) is 50.8. The van der Waals surface area contributed by atoms with Gasteiger partial charge in [-0.15, -0.1) is 0 Å². The number of rotatable bonds is 60. The molecule has 0 fully saturated rings. The van der Waals surface area contributed by atoms with Gasteiger partial charge in [0, 0.05) is 12.8 Å². The summed E-state index contributed by atoms with van der Waals surface area (Å²) >= 11 is 0. The Labute approximate surface area is 466 Å². The number of quaternary nitrogens is 1. The first kappa shape index (κ1) is 73.5. The summed E-state index contributed by atoms with van der Waals surface area (Å²) in [4.78, 5) is 39.9. The van der Waals surface area contributed by atoms with Crippen molar-refractivity contribution in [3.05, 3.63) is 24.3 Å². The monoisotopic (exact) mass is 1080 g/mol. The zero-order chi connectivity index (χ0) is 55.0. The zero-order valence-corrected chi connectivity index (χ0v) is 51.7. The molecule has 9 nitrogen and oxygen atoms in total. The van der Waals surface area contributed by atoms with E-state index in [2.05, 4.69) is 38.2 Å². The standard InChI is InChI=1S/C65H127N2O7P/c1-7-10-13-16-19-22-25-27-28-29-30-31-32-33-34-35-36-37-38-40-43-46-49-52-55-58-65(69)74-63(56-53-50-47-44-42-39-26-23-20-17-14-11-8-2)62(61-73-75(70,71)72-60-59-67(4,5)6)66-64(68)57-54-51-48-45-41-24-21-18-15-12-9-3/h27-28,53,56,62-63H,7-26,29-52,54-55,57-61H2,1-6H3,(H-,66,68,70,71)/b28-27+,56-53-. The lowest BCUT2D eigenvalue weighted by Crippen LogP contribution is -2.47. The smallest absolute Gasteiger partial charge is 0.306 e. The van der Waals surface area contributed by atoms with Crippen molar-refractivity contribution in [1.29, 1.82) is 0 Å². The molecular weight excluding hydrogens is 952 g/mol. The molecule has 0 aromatic carbocycles. The fraction of sp³-hybridized carbons (Fsp3) is 0.908.